The molecule has 0 aliphatic carbocycles. The molecular weight excluding hydrogens is 242 g/mol. The second-order valence-electron chi connectivity index (χ2n) is 4.77. The molecule has 1 aliphatic heterocycles. The number of anilines is 2. The number of nitrogens with one attached hydrogen (secondary N) is 3. The minimum atomic E-state index is -0.449. The third kappa shape index (κ3) is 4.44. The van der Waals surface area contributed by atoms with Crippen molar-refractivity contribution in [3.63, 3.8) is 0 Å². The third-order valence-electron chi connectivity index (χ3n) is 3.35. The molecule has 1 heterocycles. The number of benzene rings is 1. The van der Waals surface area contributed by atoms with Crippen LogP contribution in [-0.4, -0.2) is 32.8 Å². The fraction of sp³-hybridized carbons (Fsp3) is 0.500. The summed E-state index contributed by atoms with van der Waals surface area (Å²) in [5.74, 6) is 0.721. The van der Waals surface area contributed by atoms with E-state index in [0.29, 0.717) is 0 Å². The van der Waals surface area contributed by atoms with Crippen LogP contribution in [0.25, 0.3) is 0 Å². The number of hydrogen-bond donors (Lipinski definition) is 3. The molecule has 2 rings (SSSR count). The molecule has 0 radical (unpaired) electrons. The highest BCUT2D eigenvalue weighted by molar-refractivity contribution is 5.85. The van der Waals surface area contributed by atoms with Crippen LogP contribution in [0.4, 0.5) is 16.2 Å². The molecule has 104 valence electrons. The topological polar surface area (TPSA) is 62.4 Å². The number of amides is 1. The Morgan fingerprint density at radius 1 is 1.37 bits per heavy atom. The predicted octanol–water partition coefficient (Wildman–Crippen LogP) is 2.28. The molecule has 3 N–H and O–H groups in total. The van der Waals surface area contributed by atoms with Gasteiger partial charge in [0, 0.05) is 17.9 Å². The second kappa shape index (κ2) is 6.99. The molecule has 0 spiro atoms. The highest BCUT2D eigenvalue weighted by Crippen LogP contribution is 2.17. The SMILES string of the molecule is COC(=O)Nc1cccc(NCC2CCNCC2)c1. The lowest BCUT2D eigenvalue weighted by Crippen LogP contribution is -2.31. The highest BCUT2D eigenvalue weighted by Gasteiger charge is 2.12. The molecule has 1 aromatic carbocycles. The van der Waals surface area contributed by atoms with E-state index in [9.17, 15) is 4.79 Å². The Kier molecular flexibility index (Phi) is 5.03. The van der Waals surface area contributed by atoms with Crippen molar-refractivity contribution >= 4 is 17.5 Å². The molecule has 0 bridgehead atoms. The number of hydrogen-bond acceptors (Lipinski definition) is 4. The third-order valence-corrected chi connectivity index (χ3v) is 3.35. The van der Waals surface area contributed by atoms with Gasteiger partial charge in [-0.05, 0) is 50.0 Å². The Labute approximate surface area is 113 Å². The molecule has 0 atom stereocenters. The van der Waals surface area contributed by atoms with Gasteiger partial charge in [0.2, 0.25) is 0 Å². The first-order valence-corrected chi connectivity index (χ1v) is 6.67. The van der Waals surface area contributed by atoms with Crippen molar-refractivity contribution < 1.29 is 9.53 Å². The van der Waals surface area contributed by atoms with Gasteiger partial charge in [-0.15, -0.1) is 0 Å². The molecule has 5 heteroatoms. The fourth-order valence-corrected chi connectivity index (χ4v) is 2.22. The molecule has 1 aliphatic rings. The molecule has 1 aromatic rings. The summed E-state index contributed by atoms with van der Waals surface area (Å²) in [4.78, 5) is 11.1. The first-order chi connectivity index (χ1) is 9.28. The number of rotatable bonds is 4. The molecule has 0 unspecified atom stereocenters. The molecule has 19 heavy (non-hydrogen) atoms. The van der Waals surface area contributed by atoms with E-state index in [-0.39, 0.29) is 0 Å². The standard InChI is InChI=1S/C14H21N3O2/c1-19-14(18)17-13-4-2-3-12(9-13)16-10-11-5-7-15-8-6-11/h2-4,9,11,15-16H,5-8,10H2,1H3,(H,17,18). The Balaban J connectivity index is 1.85. The van der Waals surface area contributed by atoms with Crippen molar-refractivity contribution in [2.45, 2.75) is 12.8 Å². The molecule has 0 aromatic heterocycles. The van der Waals surface area contributed by atoms with Crippen LogP contribution in [0.5, 0.6) is 0 Å². The van der Waals surface area contributed by atoms with Crippen LogP contribution >= 0.6 is 0 Å². The summed E-state index contributed by atoms with van der Waals surface area (Å²) in [5.41, 5.74) is 1.76. The largest absolute Gasteiger partial charge is 0.453 e. The van der Waals surface area contributed by atoms with Gasteiger partial charge in [-0.3, -0.25) is 5.32 Å². The van der Waals surface area contributed by atoms with E-state index in [1.165, 1.54) is 20.0 Å². The lowest BCUT2D eigenvalue weighted by molar-refractivity contribution is 0.187. The van der Waals surface area contributed by atoms with Crippen LogP contribution in [0.2, 0.25) is 0 Å². The summed E-state index contributed by atoms with van der Waals surface area (Å²) in [6, 6.07) is 7.67. The van der Waals surface area contributed by atoms with Gasteiger partial charge in [0.05, 0.1) is 7.11 Å². The van der Waals surface area contributed by atoms with Gasteiger partial charge in [-0.2, -0.15) is 0 Å². The molecule has 1 saturated heterocycles. The van der Waals surface area contributed by atoms with E-state index in [1.54, 1.807) is 0 Å². The van der Waals surface area contributed by atoms with Gasteiger partial charge in [0.1, 0.15) is 0 Å². The first kappa shape index (κ1) is 13.7. The van der Waals surface area contributed by atoms with Gasteiger partial charge in [-0.1, -0.05) is 6.07 Å². The van der Waals surface area contributed by atoms with E-state index in [2.05, 4.69) is 20.7 Å². The summed E-state index contributed by atoms with van der Waals surface area (Å²) in [7, 11) is 1.36. The zero-order valence-electron chi connectivity index (χ0n) is 11.2. The van der Waals surface area contributed by atoms with Gasteiger partial charge in [0.25, 0.3) is 0 Å². The smallest absolute Gasteiger partial charge is 0.411 e. The normalized spacial score (nSPS) is 15.8. The van der Waals surface area contributed by atoms with Crippen molar-refractivity contribution in [1.82, 2.24) is 5.32 Å². The summed E-state index contributed by atoms with van der Waals surface area (Å²) >= 11 is 0. The number of carbonyl (C=O) groups excluding carboxylic acids is 1. The van der Waals surface area contributed by atoms with Crippen LogP contribution in [0, 0.1) is 5.92 Å². The Hall–Kier alpha value is -1.75. The minimum absolute atomic E-state index is 0.449. The van der Waals surface area contributed by atoms with Crippen LogP contribution < -0.4 is 16.0 Å². The number of ether oxygens (including phenoxy) is 1. The number of methoxy groups -OCH3 is 1. The minimum Gasteiger partial charge on any atom is -0.453 e. The van der Waals surface area contributed by atoms with Gasteiger partial charge in [-0.25, -0.2) is 4.79 Å². The summed E-state index contributed by atoms with van der Waals surface area (Å²) in [6.45, 7) is 3.19. The summed E-state index contributed by atoms with van der Waals surface area (Å²) < 4.78 is 4.57. The zero-order valence-corrected chi connectivity index (χ0v) is 11.2. The number of piperidine rings is 1. The van der Waals surface area contributed by atoms with Crippen molar-refractivity contribution in [2.24, 2.45) is 5.92 Å². The van der Waals surface area contributed by atoms with Crippen LogP contribution in [0.15, 0.2) is 24.3 Å². The average molecular weight is 263 g/mol. The van der Waals surface area contributed by atoms with Crippen LogP contribution in [0.1, 0.15) is 12.8 Å². The first-order valence-electron chi connectivity index (χ1n) is 6.67. The van der Waals surface area contributed by atoms with E-state index < -0.39 is 6.09 Å². The highest BCUT2D eigenvalue weighted by atomic mass is 16.5. The molecule has 0 saturated carbocycles. The Bertz CT molecular complexity index is 417. The fourth-order valence-electron chi connectivity index (χ4n) is 2.22. The van der Waals surface area contributed by atoms with Gasteiger partial charge >= 0.3 is 6.09 Å². The second-order valence-corrected chi connectivity index (χ2v) is 4.77. The average Bonchev–Trinajstić information content (AvgIpc) is 2.46. The zero-order chi connectivity index (χ0) is 13.5. The lowest BCUT2D eigenvalue weighted by atomic mass is 9.98. The lowest BCUT2D eigenvalue weighted by Gasteiger charge is -2.23. The summed E-state index contributed by atoms with van der Waals surface area (Å²) in [6.07, 6.45) is 1.98. The Morgan fingerprint density at radius 2 is 2.11 bits per heavy atom. The molecule has 1 amide bonds. The quantitative estimate of drug-likeness (QED) is 0.780. The van der Waals surface area contributed by atoms with Crippen molar-refractivity contribution in [3.8, 4) is 0 Å². The van der Waals surface area contributed by atoms with Crippen molar-refractivity contribution in [1.29, 1.82) is 0 Å². The van der Waals surface area contributed by atoms with E-state index >= 15 is 0 Å². The molecule has 5 nitrogen and oxygen atoms in total. The van der Waals surface area contributed by atoms with Gasteiger partial charge in [0.15, 0.2) is 0 Å². The summed E-state index contributed by atoms with van der Waals surface area (Å²) in [5, 5.41) is 9.45. The predicted molar refractivity (Wildman–Crippen MR) is 76.6 cm³/mol. The van der Waals surface area contributed by atoms with Crippen molar-refractivity contribution in [2.75, 3.05) is 37.4 Å². The monoisotopic (exact) mass is 263 g/mol. The van der Waals surface area contributed by atoms with Crippen LogP contribution in [0.3, 0.4) is 0 Å². The van der Waals surface area contributed by atoms with Crippen LogP contribution in [-0.2, 0) is 4.74 Å². The molecule has 1 fully saturated rings. The number of carbonyl (C=O) groups is 1. The van der Waals surface area contributed by atoms with Gasteiger partial charge < -0.3 is 15.4 Å². The van der Waals surface area contributed by atoms with E-state index in [4.69, 9.17) is 0 Å². The van der Waals surface area contributed by atoms with E-state index in [1.807, 2.05) is 24.3 Å². The van der Waals surface area contributed by atoms with Crippen molar-refractivity contribution in [3.05, 3.63) is 24.3 Å². The maximum absolute atomic E-state index is 11.1. The maximum Gasteiger partial charge on any atom is 0.411 e. The maximum atomic E-state index is 11.1. The van der Waals surface area contributed by atoms with E-state index in [0.717, 1.165) is 36.9 Å². The molecular formula is C14H21N3O2. The Morgan fingerprint density at radius 3 is 2.84 bits per heavy atom.